The molecule has 0 aromatic carbocycles. The number of carbonyl (C=O) groups excluding carboxylic acids is 1. The van der Waals surface area contributed by atoms with Gasteiger partial charge in [-0.05, 0) is 39.7 Å². The van der Waals surface area contributed by atoms with Crippen LogP contribution < -0.4 is 10.1 Å². The molecule has 0 saturated heterocycles. The lowest BCUT2D eigenvalue weighted by molar-refractivity contribution is 0.190. The van der Waals surface area contributed by atoms with Gasteiger partial charge in [-0.2, -0.15) is 0 Å². The molecule has 3 nitrogen and oxygen atoms in total. The number of hydrogen-bond acceptors (Lipinski definition) is 3. The lowest BCUT2D eigenvalue weighted by atomic mass is 10.1. The van der Waals surface area contributed by atoms with Gasteiger partial charge in [0.25, 0.3) is 0 Å². The molecule has 0 aliphatic carbocycles. The first-order chi connectivity index (χ1) is 7.85. The van der Waals surface area contributed by atoms with Crippen LogP contribution >= 0.6 is 11.3 Å². The Morgan fingerprint density at radius 2 is 2.00 bits per heavy atom. The van der Waals surface area contributed by atoms with Gasteiger partial charge in [0.2, 0.25) is 0 Å². The highest BCUT2D eigenvalue weighted by atomic mass is 32.1. The van der Waals surface area contributed by atoms with Crippen LogP contribution in [0.3, 0.4) is 0 Å². The summed E-state index contributed by atoms with van der Waals surface area (Å²) in [6.45, 7) is 9.96. The third kappa shape index (κ3) is 4.38. The summed E-state index contributed by atoms with van der Waals surface area (Å²) in [5, 5.41) is 2.79. The molecule has 17 heavy (non-hydrogen) atoms. The van der Waals surface area contributed by atoms with Crippen LogP contribution in [-0.4, -0.2) is 11.6 Å². The van der Waals surface area contributed by atoms with E-state index in [0.717, 1.165) is 17.7 Å². The first-order valence-electron chi connectivity index (χ1n) is 5.97. The molecular weight excluding hydrogens is 234 g/mol. The maximum Gasteiger partial charge on any atom is 0.413 e. The Labute approximate surface area is 107 Å². The summed E-state index contributed by atoms with van der Waals surface area (Å²) in [4.78, 5) is 14.0. The van der Waals surface area contributed by atoms with E-state index in [-0.39, 0.29) is 11.6 Å². The highest BCUT2D eigenvalue weighted by Gasteiger charge is 2.17. The van der Waals surface area contributed by atoms with E-state index in [2.05, 4.69) is 19.2 Å². The number of amides is 1. The Morgan fingerprint density at radius 1 is 1.35 bits per heavy atom. The summed E-state index contributed by atoms with van der Waals surface area (Å²) in [5.74, 6) is 0.705. The van der Waals surface area contributed by atoms with Gasteiger partial charge in [0.15, 0.2) is 0 Å². The molecule has 1 amide bonds. The van der Waals surface area contributed by atoms with Crippen molar-refractivity contribution < 1.29 is 9.53 Å². The second-order valence-corrected chi connectivity index (χ2v) is 6.19. The quantitative estimate of drug-likeness (QED) is 0.893. The topological polar surface area (TPSA) is 38.3 Å². The van der Waals surface area contributed by atoms with Crippen LogP contribution in [0.15, 0.2) is 6.07 Å². The van der Waals surface area contributed by atoms with Crippen molar-refractivity contribution in [2.24, 2.45) is 0 Å². The van der Waals surface area contributed by atoms with Crippen LogP contribution in [0.1, 0.15) is 44.4 Å². The average Bonchev–Trinajstić information content (AvgIpc) is 2.57. The molecule has 1 rings (SSSR count). The minimum Gasteiger partial charge on any atom is -0.409 e. The number of hydrogen-bond donors (Lipinski definition) is 1. The Morgan fingerprint density at radius 3 is 2.47 bits per heavy atom. The molecule has 0 aliphatic rings. The van der Waals surface area contributed by atoms with Crippen molar-refractivity contribution in [2.75, 3.05) is 0 Å². The maximum atomic E-state index is 11.7. The summed E-state index contributed by atoms with van der Waals surface area (Å²) in [5.41, 5.74) is -0.271. The summed E-state index contributed by atoms with van der Waals surface area (Å²) in [6.07, 6.45) is 1.48. The zero-order valence-electron chi connectivity index (χ0n) is 11.2. The second-order valence-electron chi connectivity index (χ2n) is 4.97. The molecule has 0 aliphatic heterocycles. The molecule has 0 unspecified atom stereocenters. The molecular formula is C13H21NO2S. The zero-order chi connectivity index (χ0) is 13.1. The largest absolute Gasteiger partial charge is 0.413 e. The molecule has 1 N–H and O–H groups in total. The lowest BCUT2D eigenvalue weighted by Gasteiger charge is -2.19. The first kappa shape index (κ1) is 14.0. The minimum atomic E-state index is -0.382. The molecule has 1 heterocycles. The van der Waals surface area contributed by atoms with Crippen LogP contribution in [0.25, 0.3) is 0 Å². The number of carbonyl (C=O) groups is 1. The highest BCUT2D eigenvalue weighted by Crippen LogP contribution is 2.30. The van der Waals surface area contributed by atoms with Crippen molar-refractivity contribution in [1.29, 1.82) is 0 Å². The second kappa shape index (κ2) is 5.54. The van der Waals surface area contributed by atoms with E-state index < -0.39 is 0 Å². The van der Waals surface area contributed by atoms with Crippen LogP contribution in [-0.2, 0) is 12.8 Å². The molecule has 0 bridgehead atoms. The van der Waals surface area contributed by atoms with E-state index in [0.29, 0.717) is 5.75 Å². The Kier molecular flexibility index (Phi) is 4.57. The lowest BCUT2D eigenvalue weighted by Crippen LogP contribution is -2.42. The number of rotatable bonds is 3. The molecule has 1 aromatic rings. The SMILES string of the molecule is CCc1cc(OC(=O)NC(C)(C)C)c(CC)s1. The van der Waals surface area contributed by atoms with E-state index in [4.69, 9.17) is 4.74 Å². The summed E-state index contributed by atoms with van der Waals surface area (Å²) in [7, 11) is 0. The predicted octanol–water partition coefficient (Wildman–Crippen LogP) is 3.76. The molecule has 0 spiro atoms. The van der Waals surface area contributed by atoms with Crippen LogP contribution in [0.5, 0.6) is 5.75 Å². The van der Waals surface area contributed by atoms with Gasteiger partial charge in [-0.15, -0.1) is 11.3 Å². The molecule has 1 aromatic heterocycles. The molecule has 0 atom stereocenters. The summed E-state index contributed by atoms with van der Waals surface area (Å²) in [6, 6.07) is 1.96. The average molecular weight is 255 g/mol. The van der Waals surface area contributed by atoms with Crippen molar-refractivity contribution in [3.8, 4) is 5.75 Å². The summed E-state index contributed by atoms with van der Waals surface area (Å²) >= 11 is 1.71. The number of ether oxygens (including phenoxy) is 1. The van der Waals surface area contributed by atoms with Gasteiger partial charge in [-0.1, -0.05) is 13.8 Å². The van der Waals surface area contributed by atoms with E-state index in [9.17, 15) is 4.79 Å². The van der Waals surface area contributed by atoms with Crippen molar-refractivity contribution in [2.45, 2.75) is 53.0 Å². The fraction of sp³-hybridized carbons (Fsp3) is 0.615. The van der Waals surface area contributed by atoms with E-state index >= 15 is 0 Å². The van der Waals surface area contributed by atoms with Gasteiger partial charge < -0.3 is 10.1 Å². The number of nitrogens with one attached hydrogen (secondary N) is 1. The van der Waals surface area contributed by atoms with Crippen LogP contribution in [0.4, 0.5) is 4.79 Å². The third-order valence-electron chi connectivity index (χ3n) is 2.17. The van der Waals surface area contributed by atoms with Crippen molar-refractivity contribution in [1.82, 2.24) is 5.32 Å². The molecule has 96 valence electrons. The molecule has 0 saturated carbocycles. The van der Waals surface area contributed by atoms with Gasteiger partial charge in [-0.3, -0.25) is 0 Å². The number of thiophene rings is 1. The smallest absolute Gasteiger partial charge is 0.409 e. The van der Waals surface area contributed by atoms with Crippen molar-refractivity contribution >= 4 is 17.4 Å². The van der Waals surface area contributed by atoms with Crippen LogP contribution in [0, 0.1) is 0 Å². The third-order valence-corrected chi connectivity index (χ3v) is 3.58. The van der Waals surface area contributed by atoms with E-state index in [1.807, 2.05) is 26.8 Å². The monoisotopic (exact) mass is 255 g/mol. The fourth-order valence-electron chi connectivity index (χ4n) is 1.40. The number of aryl methyl sites for hydroxylation is 2. The van der Waals surface area contributed by atoms with Gasteiger partial charge in [-0.25, -0.2) is 4.79 Å². The minimum absolute atomic E-state index is 0.271. The summed E-state index contributed by atoms with van der Waals surface area (Å²) < 4.78 is 5.36. The predicted molar refractivity (Wildman–Crippen MR) is 72.0 cm³/mol. The standard InChI is InChI=1S/C13H21NO2S/c1-6-9-8-10(11(7-2)17-9)16-12(15)14-13(3,4)5/h8H,6-7H2,1-5H3,(H,14,15). The first-order valence-corrected chi connectivity index (χ1v) is 6.79. The zero-order valence-corrected chi connectivity index (χ0v) is 12.0. The Balaban J connectivity index is 2.73. The van der Waals surface area contributed by atoms with Crippen LogP contribution in [0.2, 0.25) is 0 Å². The molecule has 0 fully saturated rings. The van der Waals surface area contributed by atoms with Gasteiger partial charge in [0, 0.05) is 15.3 Å². The maximum absolute atomic E-state index is 11.7. The van der Waals surface area contributed by atoms with Gasteiger partial charge in [0.05, 0.1) is 0 Å². The Bertz CT molecular complexity index is 391. The molecule has 0 radical (unpaired) electrons. The van der Waals surface area contributed by atoms with Crippen molar-refractivity contribution in [3.05, 3.63) is 15.8 Å². The fourth-order valence-corrected chi connectivity index (χ4v) is 2.38. The normalized spacial score (nSPS) is 11.4. The van der Waals surface area contributed by atoms with E-state index in [1.54, 1.807) is 11.3 Å². The van der Waals surface area contributed by atoms with E-state index in [1.165, 1.54) is 4.88 Å². The van der Waals surface area contributed by atoms with Gasteiger partial charge in [0.1, 0.15) is 5.75 Å². The van der Waals surface area contributed by atoms with Crippen molar-refractivity contribution in [3.63, 3.8) is 0 Å². The molecule has 4 heteroatoms. The van der Waals surface area contributed by atoms with Gasteiger partial charge >= 0.3 is 6.09 Å². The highest BCUT2D eigenvalue weighted by molar-refractivity contribution is 7.12. The Hall–Kier alpha value is -1.03.